The molecular weight excluding hydrogens is 372 g/mol. The first-order chi connectivity index (χ1) is 14.7. The Morgan fingerprint density at radius 1 is 1.06 bits per heavy atom. The number of rotatable bonds is 6. The van der Waals surface area contributed by atoms with Crippen molar-refractivity contribution in [2.45, 2.75) is 119 Å². The highest BCUT2D eigenvalue weighted by Gasteiger charge is 2.53. The number of allylic oxidation sites excluding steroid dienone is 6. The van der Waals surface area contributed by atoms with Crippen molar-refractivity contribution < 1.29 is 0 Å². The number of hydrogen-bond donors (Lipinski definition) is 0. The summed E-state index contributed by atoms with van der Waals surface area (Å²) in [7, 11) is 0. The maximum absolute atomic E-state index is 2.72. The molecule has 0 bridgehead atoms. The molecule has 0 spiro atoms. The molecule has 2 unspecified atom stereocenters. The van der Waals surface area contributed by atoms with Gasteiger partial charge in [-0.25, -0.2) is 0 Å². The van der Waals surface area contributed by atoms with Crippen molar-refractivity contribution in [3.8, 4) is 0 Å². The fourth-order valence-electron chi connectivity index (χ4n) is 8.79. The van der Waals surface area contributed by atoms with Gasteiger partial charge in [0.1, 0.15) is 0 Å². The monoisotopic (exact) mass is 422 g/mol. The van der Waals surface area contributed by atoms with Gasteiger partial charge >= 0.3 is 0 Å². The predicted octanol–water partition coefficient (Wildman–Crippen LogP) is 9.67. The summed E-state index contributed by atoms with van der Waals surface area (Å²) >= 11 is 0. The lowest BCUT2D eigenvalue weighted by atomic mass is 9.49. The standard InChI is InChI=1S/C31H50/c1-21(2)10-8-11-23(5)26-15-16-28-25-13-14-27-24(20-22(3)4)12-9-18-30(27,6)29(25)17-19-31(26,28)7/h10,16,22-24,26-27H,8-9,11-15,17-20H2,1-7H3/t23-,24?,26-,27?,30+,31-/m1/s1. The van der Waals surface area contributed by atoms with E-state index in [2.05, 4.69) is 60.6 Å². The van der Waals surface area contributed by atoms with Crippen LogP contribution in [0.5, 0.6) is 0 Å². The van der Waals surface area contributed by atoms with E-state index in [4.69, 9.17) is 0 Å². The Bertz CT molecular complexity index is 757. The Labute approximate surface area is 194 Å². The summed E-state index contributed by atoms with van der Waals surface area (Å²) in [6.07, 6.45) is 20.6. The fourth-order valence-corrected chi connectivity index (χ4v) is 8.79. The predicted molar refractivity (Wildman–Crippen MR) is 136 cm³/mol. The van der Waals surface area contributed by atoms with Gasteiger partial charge in [-0.3, -0.25) is 0 Å². The van der Waals surface area contributed by atoms with Crippen LogP contribution >= 0.6 is 0 Å². The third-order valence-corrected chi connectivity index (χ3v) is 10.3. The maximum Gasteiger partial charge on any atom is -0.00389 e. The van der Waals surface area contributed by atoms with E-state index in [1.54, 1.807) is 0 Å². The molecule has 0 amide bonds. The molecule has 4 aliphatic carbocycles. The van der Waals surface area contributed by atoms with E-state index < -0.39 is 0 Å². The summed E-state index contributed by atoms with van der Waals surface area (Å²) in [6, 6.07) is 0. The van der Waals surface area contributed by atoms with E-state index in [1.165, 1.54) is 76.2 Å². The SMILES string of the molecule is CC(C)=CCC[C@@H](C)[C@H]1CC=C2C3=C(CC[C@@]21C)[C@@]1(C)CCCC(CC(C)C)C1CC3. The quantitative estimate of drug-likeness (QED) is 0.374. The van der Waals surface area contributed by atoms with Gasteiger partial charge in [0.05, 0.1) is 0 Å². The third kappa shape index (κ3) is 4.15. The highest BCUT2D eigenvalue weighted by molar-refractivity contribution is 5.49. The minimum absolute atomic E-state index is 0.443. The van der Waals surface area contributed by atoms with Crippen molar-refractivity contribution >= 4 is 0 Å². The second-order valence-corrected chi connectivity index (χ2v) is 13.0. The van der Waals surface area contributed by atoms with Crippen LogP contribution < -0.4 is 0 Å². The van der Waals surface area contributed by atoms with E-state index in [9.17, 15) is 0 Å². The zero-order chi connectivity index (χ0) is 22.4. The average molecular weight is 423 g/mol. The lowest BCUT2D eigenvalue weighted by Gasteiger charge is -2.55. The third-order valence-electron chi connectivity index (χ3n) is 10.3. The van der Waals surface area contributed by atoms with E-state index in [0.717, 1.165) is 29.6 Å². The molecule has 1 fully saturated rings. The van der Waals surface area contributed by atoms with E-state index in [1.807, 2.05) is 16.7 Å². The van der Waals surface area contributed by atoms with Gasteiger partial charge in [0.25, 0.3) is 0 Å². The Morgan fingerprint density at radius 3 is 2.55 bits per heavy atom. The second-order valence-electron chi connectivity index (χ2n) is 13.0. The van der Waals surface area contributed by atoms with Crippen LogP contribution in [0.25, 0.3) is 0 Å². The van der Waals surface area contributed by atoms with Gasteiger partial charge in [0.15, 0.2) is 0 Å². The molecule has 4 aliphatic rings. The largest absolute Gasteiger partial charge is 0.0859 e. The van der Waals surface area contributed by atoms with Gasteiger partial charge in [0.2, 0.25) is 0 Å². The lowest BCUT2D eigenvalue weighted by molar-refractivity contribution is 0.0491. The van der Waals surface area contributed by atoms with Crippen LogP contribution in [0.15, 0.2) is 34.4 Å². The molecule has 6 atom stereocenters. The first-order valence-corrected chi connectivity index (χ1v) is 13.7. The normalized spacial score (nSPS) is 38.3. The Balaban J connectivity index is 1.56. The van der Waals surface area contributed by atoms with Crippen molar-refractivity contribution in [1.82, 2.24) is 0 Å². The highest BCUT2D eigenvalue weighted by atomic mass is 14.6. The Kier molecular flexibility index (Phi) is 6.69. The van der Waals surface area contributed by atoms with Crippen LogP contribution in [0.1, 0.15) is 119 Å². The topological polar surface area (TPSA) is 0 Å². The molecule has 0 heteroatoms. The molecule has 0 N–H and O–H groups in total. The van der Waals surface area contributed by atoms with Crippen molar-refractivity contribution in [3.05, 3.63) is 34.4 Å². The number of fused-ring (bicyclic) bond motifs is 4. The van der Waals surface area contributed by atoms with Crippen molar-refractivity contribution in [3.63, 3.8) is 0 Å². The zero-order valence-corrected chi connectivity index (χ0v) is 21.8. The van der Waals surface area contributed by atoms with Gasteiger partial charge in [-0.05, 0) is 123 Å². The molecule has 0 aromatic rings. The first-order valence-electron chi connectivity index (χ1n) is 13.7. The molecule has 0 nitrogen and oxygen atoms in total. The van der Waals surface area contributed by atoms with Crippen molar-refractivity contribution in [2.24, 2.45) is 40.4 Å². The molecule has 1 saturated carbocycles. The molecule has 0 aliphatic heterocycles. The Morgan fingerprint density at radius 2 is 1.84 bits per heavy atom. The minimum Gasteiger partial charge on any atom is -0.0859 e. The van der Waals surface area contributed by atoms with Crippen molar-refractivity contribution in [2.75, 3.05) is 0 Å². The van der Waals surface area contributed by atoms with Crippen LogP contribution in [0.2, 0.25) is 0 Å². The molecule has 4 rings (SSSR count). The Hall–Kier alpha value is -0.780. The van der Waals surface area contributed by atoms with Crippen LogP contribution in [-0.2, 0) is 0 Å². The first kappa shape index (κ1) is 23.4. The van der Waals surface area contributed by atoms with Crippen LogP contribution in [0, 0.1) is 40.4 Å². The zero-order valence-electron chi connectivity index (χ0n) is 21.8. The molecule has 31 heavy (non-hydrogen) atoms. The summed E-state index contributed by atoms with van der Waals surface area (Å²) in [5, 5.41) is 0. The van der Waals surface area contributed by atoms with E-state index in [0.29, 0.717) is 10.8 Å². The van der Waals surface area contributed by atoms with Gasteiger partial charge in [-0.15, -0.1) is 0 Å². The average Bonchev–Trinajstić information content (AvgIpc) is 3.04. The summed E-state index contributed by atoms with van der Waals surface area (Å²) in [5.41, 5.74) is 8.03. The fraction of sp³-hybridized carbons (Fsp3) is 0.806. The molecular formula is C31H50. The molecule has 0 heterocycles. The summed E-state index contributed by atoms with van der Waals surface area (Å²) in [6.45, 7) is 17.2. The number of hydrogen-bond acceptors (Lipinski definition) is 0. The second kappa shape index (κ2) is 8.87. The molecule has 0 aromatic heterocycles. The van der Waals surface area contributed by atoms with Crippen LogP contribution in [-0.4, -0.2) is 0 Å². The lowest BCUT2D eigenvalue weighted by Crippen LogP contribution is -2.45. The van der Waals surface area contributed by atoms with E-state index >= 15 is 0 Å². The van der Waals surface area contributed by atoms with E-state index in [-0.39, 0.29) is 0 Å². The molecule has 174 valence electrons. The van der Waals surface area contributed by atoms with Crippen LogP contribution in [0.3, 0.4) is 0 Å². The van der Waals surface area contributed by atoms with Gasteiger partial charge in [-0.2, -0.15) is 0 Å². The molecule has 0 saturated heterocycles. The summed E-state index contributed by atoms with van der Waals surface area (Å²) < 4.78 is 0. The minimum atomic E-state index is 0.443. The molecule has 0 aromatic carbocycles. The summed E-state index contributed by atoms with van der Waals surface area (Å²) in [5.74, 6) is 4.46. The highest BCUT2D eigenvalue weighted by Crippen LogP contribution is 2.65. The summed E-state index contributed by atoms with van der Waals surface area (Å²) in [4.78, 5) is 0. The maximum atomic E-state index is 2.72. The van der Waals surface area contributed by atoms with Gasteiger partial charge in [-0.1, -0.05) is 70.8 Å². The van der Waals surface area contributed by atoms with Crippen molar-refractivity contribution in [1.29, 1.82) is 0 Å². The smallest absolute Gasteiger partial charge is 0.00389 e. The molecule has 0 radical (unpaired) electrons. The van der Waals surface area contributed by atoms with Crippen LogP contribution in [0.4, 0.5) is 0 Å². The van der Waals surface area contributed by atoms with Gasteiger partial charge in [0, 0.05) is 0 Å². The van der Waals surface area contributed by atoms with Gasteiger partial charge < -0.3 is 0 Å².